The Labute approximate surface area is 133 Å². The highest BCUT2D eigenvalue weighted by molar-refractivity contribution is 7.91. The van der Waals surface area contributed by atoms with Gasteiger partial charge in [-0.2, -0.15) is 0 Å². The number of benzene rings is 1. The molecule has 0 spiro atoms. The van der Waals surface area contributed by atoms with E-state index in [1.54, 1.807) is 25.8 Å². The van der Waals surface area contributed by atoms with E-state index in [4.69, 9.17) is 0 Å². The van der Waals surface area contributed by atoms with Crippen LogP contribution in [0.25, 0.3) is 0 Å². The fraction of sp³-hybridized carbons (Fsp3) is 0.588. The van der Waals surface area contributed by atoms with Gasteiger partial charge in [0.05, 0.1) is 5.75 Å². The Morgan fingerprint density at radius 1 is 1.41 bits per heavy atom. The SMILES string of the molecule is CCS(=O)(=O)CC(C)N(C)C(=O)C1CC1c1cccc(C)c1. The van der Waals surface area contributed by atoms with Gasteiger partial charge in [-0.05, 0) is 31.7 Å². The Hall–Kier alpha value is -1.36. The van der Waals surface area contributed by atoms with Crippen LogP contribution in [0.1, 0.15) is 37.3 Å². The van der Waals surface area contributed by atoms with E-state index in [0.717, 1.165) is 6.42 Å². The lowest BCUT2D eigenvalue weighted by molar-refractivity contribution is -0.132. The van der Waals surface area contributed by atoms with Crippen LogP contribution in [0.2, 0.25) is 0 Å². The predicted octanol–water partition coefficient (Wildman–Crippen LogP) is 2.38. The highest BCUT2D eigenvalue weighted by Gasteiger charge is 2.45. The largest absolute Gasteiger partial charge is 0.342 e. The summed E-state index contributed by atoms with van der Waals surface area (Å²) >= 11 is 0. The molecule has 3 unspecified atom stereocenters. The Kier molecular flexibility index (Phi) is 4.95. The van der Waals surface area contributed by atoms with E-state index in [1.165, 1.54) is 11.1 Å². The molecule has 3 atom stereocenters. The number of nitrogens with zero attached hydrogens (tertiary/aromatic N) is 1. The minimum Gasteiger partial charge on any atom is -0.342 e. The maximum absolute atomic E-state index is 12.5. The topological polar surface area (TPSA) is 54.5 Å². The number of aryl methyl sites for hydroxylation is 1. The summed E-state index contributed by atoms with van der Waals surface area (Å²) in [6.07, 6.45) is 0.861. The molecule has 0 aliphatic heterocycles. The summed E-state index contributed by atoms with van der Waals surface area (Å²) in [5.74, 6) is 0.496. The maximum atomic E-state index is 12.5. The number of rotatable bonds is 6. The van der Waals surface area contributed by atoms with Crippen molar-refractivity contribution in [1.29, 1.82) is 0 Å². The van der Waals surface area contributed by atoms with E-state index < -0.39 is 9.84 Å². The summed E-state index contributed by atoms with van der Waals surface area (Å²) in [5, 5.41) is 0. The second kappa shape index (κ2) is 6.41. The van der Waals surface area contributed by atoms with Gasteiger partial charge < -0.3 is 4.90 Å². The van der Waals surface area contributed by atoms with Crippen molar-refractivity contribution in [2.75, 3.05) is 18.6 Å². The van der Waals surface area contributed by atoms with E-state index >= 15 is 0 Å². The number of carbonyl (C=O) groups is 1. The van der Waals surface area contributed by atoms with Crippen LogP contribution in [0.3, 0.4) is 0 Å². The van der Waals surface area contributed by atoms with Crippen LogP contribution < -0.4 is 0 Å². The molecule has 2 rings (SSSR count). The number of amides is 1. The summed E-state index contributed by atoms with van der Waals surface area (Å²) in [5.41, 5.74) is 2.41. The van der Waals surface area contributed by atoms with E-state index in [2.05, 4.69) is 12.1 Å². The van der Waals surface area contributed by atoms with Crippen molar-refractivity contribution in [2.24, 2.45) is 5.92 Å². The van der Waals surface area contributed by atoms with Crippen molar-refractivity contribution >= 4 is 15.7 Å². The van der Waals surface area contributed by atoms with Crippen molar-refractivity contribution < 1.29 is 13.2 Å². The predicted molar refractivity (Wildman–Crippen MR) is 88.6 cm³/mol. The normalized spacial score (nSPS) is 22.2. The zero-order valence-corrected chi connectivity index (χ0v) is 14.6. The maximum Gasteiger partial charge on any atom is 0.226 e. The van der Waals surface area contributed by atoms with Crippen molar-refractivity contribution in [1.82, 2.24) is 4.90 Å². The standard InChI is InChI=1S/C17H25NO3S/c1-5-22(20,21)11-13(3)18(4)17(19)16-10-15(16)14-8-6-7-12(2)9-14/h6-9,13,15-16H,5,10-11H2,1-4H3. The second-order valence-electron chi connectivity index (χ2n) is 6.36. The van der Waals surface area contributed by atoms with Crippen molar-refractivity contribution in [3.8, 4) is 0 Å². The number of sulfone groups is 1. The van der Waals surface area contributed by atoms with E-state index in [0.29, 0.717) is 0 Å². The summed E-state index contributed by atoms with van der Waals surface area (Å²) < 4.78 is 23.4. The molecule has 1 saturated carbocycles. The zero-order chi connectivity index (χ0) is 16.5. The molecule has 1 aromatic carbocycles. The molecule has 0 heterocycles. The first-order valence-corrected chi connectivity index (χ1v) is 9.61. The van der Waals surface area contributed by atoms with Gasteiger partial charge in [-0.25, -0.2) is 8.42 Å². The van der Waals surface area contributed by atoms with Gasteiger partial charge in [0.2, 0.25) is 5.91 Å². The Balaban J connectivity index is 1.98. The van der Waals surface area contributed by atoms with Gasteiger partial charge in [0.25, 0.3) is 0 Å². The van der Waals surface area contributed by atoms with Crippen molar-refractivity contribution in [3.05, 3.63) is 35.4 Å². The molecule has 1 fully saturated rings. The highest BCUT2D eigenvalue weighted by atomic mass is 32.2. The monoisotopic (exact) mass is 323 g/mol. The first-order chi connectivity index (χ1) is 10.2. The summed E-state index contributed by atoms with van der Waals surface area (Å²) in [7, 11) is -1.36. The van der Waals surface area contributed by atoms with Crippen molar-refractivity contribution in [2.45, 2.75) is 39.2 Å². The lowest BCUT2D eigenvalue weighted by Gasteiger charge is -2.25. The highest BCUT2D eigenvalue weighted by Crippen LogP contribution is 2.48. The molecule has 5 heteroatoms. The van der Waals surface area contributed by atoms with Crippen LogP contribution in [0.5, 0.6) is 0 Å². The fourth-order valence-corrected chi connectivity index (χ4v) is 4.01. The molecular formula is C17H25NO3S. The molecule has 4 nitrogen and oxygen atoms in total. The second-order valence-corrected chi connectivity index (χ2v) is 8.76. The van der Waals surface area contributed by atoms with Crippen LogP contribution >= 0.6 is 0 Å². The number of carbonyl (C=O) groups excluding carboxylic acids is 1. The molecular weight excluding hydrogens is 298 g/mol. The third-order valence-corrected chi connectivity index (χ3v) is 6.39. The minimum absolute atomic E-state index is 0.00131. The molecule has 1 amide bonds. The first kappa shape index (κ1) is 17.0. The first-order valence-electron chi connectivity index (χ1n) is 7.79. The summed E-state index contributed by atoms with van der Waals surface area (Å²) in [6.45, 7) is 5.49. The summed E-state index contributed by atoms with van der Waals surface area (Å²) in [6, 6.07) is 7.98. The van der Waals surface area contributed by atoms with Crippen molar-refractivity contribution in [3.63, 3.8) is 0 Å². The van der Waals surface area contributed by atoms with Gasteiger partial charge in [0, 0.05) is 24.8 Å². The van der Waals surface area contributed by atoms with E-state index in [-0.39, 0.29) is 35.3 Å². The molecule has 0 N–H and O–H groups in total. The van der Waals surface area contributed by atoms with Crippen LogP contribution in [0.15, 0.2) is 24.3 Å². The van der Waals surface area contributed by atoms with Gasteiger partial charge in [-0.1, -0.05) is 36.8 Å². The Morgan fingerprint density at radius 2 is 2.09 bits per heavy atom. The molecule has 0 radical (unpaired) electrons. The zero-order valence-electron chi connectivity index (χ0n) is 13.7. The lowest BCUT2D eigenvalue weighted by Crippen LogP contribution is -2.40. The van der Waals surface area contributed by atoms with Crippen LogP contribution in [-0.2, 0) is 14.6 Å². The van der Waals surface area contributed by atoms with E-state index in [9.17, 15) is 13.2 Å². The van der Waals surface area contributed by atoms with Gasteiger partial charge in [-0.3, -0.25) is 4.79 Å². The molecule has 1 aliphatic carbocycles. The quantitative estimate of drug-likeness (QED) is 0.807. The Bertz CT molecular complexity index is 654. The average molecular weight is 323 g/mol. The molecule has 1 aromatic rings. The third kappa shape index (κ3) is 3.88. The van der Waals surface area contributed by atoms with Crippen LogP contribution in [0, 0.1) is 12.8 Å². The molecule has 122 valence electrons. The Morgan fingerprint density at radius 3 is 2.68 bits per heavy atom. The smallest absolute Gasteiger partial charge is 0.226 e. The molecule has 22 heavy (non-hydrogen) atoms. The van der Waals surface area contributed by atoms with Gasteiger partial charge >= 0.3 is 0 Å². The average Bonchev–Trinajstić information content (AvgIpc) is 3.25. The lowest BCUT2D eigenvalue weighted by atomic mass is 10.1. The van der Waals surface area contributed by atoms with Crippen LogP contribution in [-0.4, -0.2) is 43.8 Å². The van der Waals surface area contributed by atoms with E-state index in [1.807, 2.05) is 19.1 Å². The summed E-state index contributed by atoms with van der Waals surface area (Å²) in [4.78, 5) is 14.1. The molecule has 0 bridgehead atoms. The van der Waals surface area contributed by atoms with Gasteiger partial charge in [0.15, 0.2) is 9.84 Å². The molecule has 1 aliphatic rings. The number of hydrogen-bond acceptors (Lipinski definition) is 3. The van der Waals surface area contributed by atoms with Gasteiger partial charge in [0.1, 0.15) is 0 Å². The van der Waals surface area contributed by atoms with Crippen LogP contribution in [0.4, 0.5) is 0 Å². The molecule has 0 saturated heterocycles. The minimum atomic E-state index is -3.07. The number of hydrogen-bond donors (Lipinski definition) is 0. The molecule has 0 aromatic heterocycles. The fourth-order valence-electron chi connectivity index (χ4n) is 2.81. The van der Waals surface area contributed by atoms with Gasteiger partial charge in [-0.15, -0.1) is 0 Å². The third-order valence-electron chi connectivity index (χ3n) is 4.52.